The molecule has 1 aromatic rings. The maximum Gasteiger partial charge on any atom is 0.356 e. The quantitative estimate of drug-likeness (QED) is 0.694. The van der Waals surface area contributed by atoms with Crippen LogP contribution < -0.4 is 5.32 Å². The topological polar surface area (TPSA) is 75.1 Å². The highest BCUT2D eigenvalue weighted by Gasteiger charge is 2.03. The number of carboxylic acid groups (broad SMARTS) is 1. The van der Waals surface area contributed by atoms with Gasteiger partial charge in [0.25, 0.3) is 0 Å². The minimum atomic E-state index is -1.06. The molecule has 1 aromatic heterocycles. The van der Waals surface area contributed by atoms with Gasteiger partial charge in [-0.2, -0.15) is 0 Å². The summed E-state index contributed by atoms with van der Waals surface area (Å²) in [7, 11) is 0. The van der Waals surface area contributed by atoms with Gasteiger partial charge in [-0.3, -0.25) is 0 Å². The van der Waals surface area contributed by atoms with E-state index in [1.165, 1.54) is 12.4 Å². The van der Waals surface area contributed by atoms with Crippen LogP contribution in [0.4, 0.5) is 5.82 Å². The van der Waals surface area contributed by atoms with E-state index < -0.39 is 5.97 Å². The molecule has 0 aromatic carbocycles. The number of unbranched alkanes of at least 4 members (excludes halogenated alkanes) is 1. The van der Waals surface area contributed by atoms with Crippen LogP contribution in [0.3, 0.4) is 0 Å². The van der Waals surface area contributed by atoms with Crippen molar-refractivity contribution in [3.63, 3.8) is 0 Å². The lowest BCUT2D eigenvalue weighted by Gasteiger charge is -2.03. The van der Waals surface area contributed by atoms with E-state index in [2.05, 4.69) is 22.2 Å². The molecular formula is C9H13N3O2. The van der Waals surface area contributed by atoms with Gasteiger partial charge in [-0.1, -0.05) is 13.3 Å². The summed E-state index contributed by atoms with van der Waals surface area (Å²) >= 11 is 0. The second kappa shape index (κ2) is 5.16. The van der Waals surface area contributed by atoms with E-state index in [1.54, 1.807) is 0 Å². The van der Waals surface area contributed by atoms with Crippen molar-refractivity contribution in [1.29, 1.82) is 0 Å². The second-order valence-corrected chi connectivity index (χ2v) is 2.87. The standard InChI is InChI=1S/C9H13N3O2/c1-2-3-4-10-8-6-11-7(5-12-8)9(13)14/h5-6H,2-4H2,1H3,(H,10,12)(H,13,14). The number of hydrogen-bond donors (Lipinski definition) is 2. The fourth-order valence-electron chi connectivity index (χ4n) is 0.923. The molecule has 0 aliphatic rings. The van der Waals surface area contributed by atoms with Crippen molar-refractivity contribution < 1.29 is 9.90 Å². The van der Waals surface area contributed by atoms with E-state index >= 15 is 0 Å². The van der Waals surface area contributed by atoms with Gasteiger partial charge in [-0.15, -0.1) is 0 Å². The first-order valence-corrected chi connectivity index (χ1v) is 4.53. The van der Waals surface area contributed by atoms with E-state index in [9.17, 15) is 4.79 Å². The smallest absolute Gasteiger partial charge is 0.356 e. The third kappa shape index (κ3) is 3.01. The average molecular weight is 195 g/mol. The Hall–Kier alpha value is -1.65. The maximum absolute atomic E-state index is 10.4. The van der Waals surface area contributed by atoms with E-state index in [-0.39, 0.29) is 5.69 Å². The third-order valence-electron chi connectivity index (χ3n) is 1.71. The molecule has 76 valence electrons. The zero-order valence-electron chi connectivity index (χ0n) is 8.03. The lowest BCUT2D eigenvalue weighted by Crippen LogP contribution is -2.06. The van der Waals surface area contributed by atoms with Crippen molar-refractivity contribution in [2.75, 3.05) is 11.9 Å². The third-order valence-corrected chi connectivity index (χ3v) is 1.71. The molecule has 0 aliphatic heterocycles. The second-order valence-electron chi connectivity index (χ2n) is 2.87. The Kier molecular flexibility index (Phi) is 3.84. The molecule has 0 spiro atoms. The number of nitrogens with zero attached hydrogens (tertiary/aromatic N) is 2. The van der Waals surface area contributed by atoms with Crippen LogP contribution in [0.25, 0.3) is 0 Å². The van der Waals surface area contributed by atoms with Gasteiger partial charge in [0.05, 0.1) is 12.4 Å². The molecule has 0 aliphatic carbocycles. The molecule has 0 unspecified atom stereocenters. The van der Waals surface area contributed by atoms with Crippen LogP contribution in [0.15, 0.2) is 12.4 Å². The van der Waals surface area contributed by atoms with Gasteiger partial charge in [0.2, 0.25) is 0 Å². The van der Waals surface area contributed by atoms with Crippen LogP contribution in [-0.4, -0.2) is 27.6 Å². The SMILES string of the molecule is CCCCNc1cnc(C(=O)O)cn1. The van der Waals surface area contributed by atoms with E-state index in [4.69, 9.17) is 5.11 Å². The van der Waals surface area contributed by atoms with Gasteiger partial charge in [0.15, 0.2) is 5.69 Å². The first-order chi connectivity index (χ1) is 6.74. The van der Waals surface area contributed by atoms with Gasteiger partial charge in [-0.05, 0) is 6.42 Å². The van der Waals surface area contributed by atoms with E-state index in [0.29, 0.717) is 5.82 Å². The fourth-order valence-corrected chi connectivity index (χ4v) is 0.923. The van der Waals surface area contributed by atoms with Crippen LogP contribution in [0, 0.1) is 0 Å². The summed E-state index contributed by atoms with van der Waals surface area (Å²) in [5.74, 6) is -0.443. The predicted octanol–water partition coefficient (Wildman–Crippen LogP) is 1.39. The zero-order valence-corrected chi connectivity index (χ0v) is 8.03. The summed E-state index contributed by atoms with van der Waals surface area (Å²) in [5.41, 5.74) is -0.0361. The molecule has 14 heavy (non-hydrogen) atoms. The number of aromatic carboxylic acids is 1. The summed E-state index contributed by atoms with van der Waals surface area (Å²) in [6, 6.07) is 0. The van der Waals surface area contributed by atoms with Crippen LogP contribution in [-0.2, 0) is 0 Å². The molecule has 1 rings (SSSR count). The number of carbonyl (C=O) groups is 1. The van der Waals surface area contributed by atoms with Crippen LogP contribution in [0.2, 0.25) is 0 Å². The van der Waals surface area contributed by atoms with Crippen LogP contribution in [0.5, 0.6) is 0 Å². The van der Waals surface area contributed by atoms with E-state index in [0.717, 1.165) is 19.4 Å². The average Bonchev–Trinajstić information content (AvgIpc) is 2.19. The number of nitrogens with one attached hydrogen (secondary N) is 1. The molecule has 0 radical (unpaired) electrons. The molecule has 0 atom stereocenters. The predicted molar refractivity (Wildman–Crippen MR) is 52.4 cm³/mol. The largest absolute Gasteiger partial charge is 0.476 e. The van der Waals surface area contributed by atoms with Gasteiger partial charge in [-0.25, -0.2) is 14.8 Å². The van der Waals surface area contributed by atoms with Crippen LogP contribution in [0.1, 0.15) is 30.3 Å². The molecule has 5 nitrogen and oxygen atoms in total. The van der Waals surface area contributed by atoms with Crippen molar-refractivity contribution >= 4 is 11.8 Å². The minimum Gasteiger partial charge on any atom is -0.476 e. The van der Waals surface area contributed by atoms with Crippen molar-refractivity contribution in [3.05, 3.63) is 18.1 Å². The zero-order chi connectivity index (χ0) is 10.4. The molecule has 5 heteroatoms. The van der Waals surface area contributed by atoms with E-state index in [1.807, 2.05) is 0 Å². The summed E-state index contributed by atoms with van der Waals surface area (Å²) < 4.78 is 0. The maximum atomic E-state index is 10.4. The lowest BCUT2D eigenvalue weighted by atomic mass is 10.3. The molecule has 0 bridgehead atoms. The Balaban J connectivity index is 2.51. The molecule has 2 N–H and O–H groups in total. The Morgan fingerprint density at radius 3 is 2.79 bits per heavy atom. The molecule has 1 heterocycles. The summed E-state index contributed by atoms with van der Waals surface area (Å²) in [6.07, 6.45) is 4.84. The van der Waals surface area contributed by atoms with Gasteiger partial charge < -0.3 is 10.4 Å². The number of aromatic nitrogens is 2. The lowest BCUT2D eigenvalue weighted by molar-refractivity contribution is 0.0690. The van der Waals surface area contributed by atoms with Gasteiger partial charge >= 0.3 is 5.97 Å². The molecular weight excluding hydrogens is 182 g/mol. The first-order valence-electron chi connectivity index (χ1n) is 4.53. The van der Waals surface area contributed by atoms with Crippen molar-refractivity contribution in [2.24, 2.45) is 0 Å². The molecule has 0 saturated carbocycles. The number of hydrogen-bond acceptors (Lipinski definition) is 4. The highest BCUT2D eigenvalue weighted by Crippen LogP contribution is 2.01. The minimum absolute atomic E-state index is 0.0361. The normalized spacial score (nSPS) is 9.79. The Bertz CT molecular complexity index is 297. The monoisotopic (exact) mass is 195 g/mol. The molecule has 0 fully saturated rings. The highest BCUT2D eigenvalue weighted by atomic mass is 16.4. The Morgan fingerprint density at radius 1 is 1.50 bits per heavy atom. The van der Waals surface area contributed by atoms with Crippen molar-refractivity contribution in [2.45, 2.75) is 19.8 Å². The first kappa shape index (κ1) is 10.4. The van der Waals surface area contributed by atoms with Crippen molar-refractivity contribution in [3.8, 4) is 0 Å². The van der Waals surface area contributed by atoms with Gasteiger partial charge in [0, 0.05) is 6.54 Å². The summed E-state index contributed by atoms with van der Waals surface area (Å²) in [6.45, 7) is 2.93. The van der Waals surface area contributed by atoms with Gasteiger partial charge in [0.1, 0.15) is 5.82 Å². The Morgan fingerprint density at radius 2 is 2.29 bits per heavy atom. The summed E-state index contributed by atoms with van der Waals surface area (Å²) in [4.78, 5) is 18.1. The Labute approximate surface area is 82.2 Å². The number of rotatable bonds is 5. The highest BCUT2D eigenvalue weighted by molar-refractivity contribution is 5.84. The number of anilines is 1. The molecule has 0 amide bonds. The number of carboxylic acids is 1. The van der Waals surface area contributed by atoms with Crippen LogP contribution >= 0.6 is 0 Å². The fraction of sp³-hybridized carbons (Fsp3) is 0.444. The van der Waals surface area contributed by atoms with Crippen molar-refractivity contribution in [1.82, 2.24) is 9.97 Å². The molecule has 0 saturated heterocycles. The summed E-state index contributed by atoms with van der Waals surface area (Å²) in [5, 5.41) is 11.6.